The van der Waals surface area contributed by atoms with E-state index in [0.29, 0.717) is 16.5 Å². The van der Waals surface area contributed by atoms with Crippen molar-refractivity contribution in [3.05, 3.63) is 54.7 Å². The number of hydrogen-bond acceptors (Lipinski definition) is 4. The third kappa shape index (κ3) is 2.81. The first-order chi connectivity index (χ1) is 13.8. The molecule has 0 atom stereocenters. The molecule has 0 aliphatic carbocycles. The van der Waals surface area contributed by atoms with Gasteiger partial charge in [0.15, 0.2) is 5.11 Å². The van der Waals surface area contributed by atoms with Crippen molar-refractivity contribution in [2.45, 2.75) is 32.9 Å². The number of nitrogens with two attached hydrogens (primary N) is 1. The third-order valence-corrected chi connectivity index (χ3v) is 5.76. The Hall–Kier alpha value is -3.19. The van der Waals surface area contributed by atoms with Crippen LogP contribution < -0.4 is 15.5 Å². The number of anilines is 3. The van der Waals surface area contributed by atoms with Crippen LogP contribution in [-0.2, 0) is 11.3 Å². The molecule has 1 aromatic heterocycles. The van der Waals surface area contributed by atoms with Crippen LogP contribution in [0, 0.1) is 0 Å². The molecule has 0 unspecified atom stereocenters. The Bertz CT molecular complexity index is 1160. The second-order valence-electron chi connectivity index (χ2n) is 7.54. The lowest BCUT2D eigenvalue weighted by molar-refractivity contribution is -0.120. The molecule has 0 bridgehead atoms. The van der Waals surface area contributed by atoms with Crippen LogP contribution in [0.4, 0.5) is 17.1 Å². The third-order valence-electron chi connectivity index (χ3n) is 5.40. The van der Waals surface area contributed by atoms with Crippen LogP contribution >= 0.6 is 12.2 Å². The molecule has 7 heteroatoms. The summed E-state index contributed by atoms with van der Waals surface area (Å²) in [6.07, 6.45) is 3.51. The number of nitrogen functional groups attached to an aromatic ring is 1. The number of rotatable bonds is 4. The average molecular weight is 406 g/mol. The number of amides is 1. The maximum atomic E-state index is 13.3. The van der Waals surface area contributed by atoms with Gasteiger partial charge in [-0.25, -0.2) is 0 Å². The van der Waals surface area contributed by atoms with Gasteiger partial charge in [-0.05, 0) is 75.0 Å². The number of carbonyl (C=O) groups is 1. The van der Waals surface area contributed by atoms with Gasteiger partial charge in [-0.15, -0.1) is 0 Å². The van der Waals surface area contributed by atoms with E-state index in [1.54, 1.807) is 23.1 Å². The van der Waals surface area contributed by atoms with Crippen LogP contribution in [0.5, 0.6) is 0 Å². The Morgan fingerprint density at radius 3 is 2.62 bits per heavy atom. The van der Waals surface area contributed by atoms with Crippen molar-refractivity contribution in [2.75, 3.05) is 15.5 Å². The number of hydrogen-bond donors (Lipinski definition) is 1. The van der Waals surface area contributed by atoms with Crippen molar-refractivity contribution in [2.24, 2.45) is 0 Å². The van der Waals surface area contributed by atoms with Crippen molar-refractivity contribution in [1.29, 1.82) is 0 Å². The van der Waals surface area contributed by atoms with Crippen molar-refractivity contribution in [1.82, 2.24) is 9.78 Å². The summed E-state index contributed by atoms with van der Waals surface area (Å²) in [6.45, 7) is 10.4. The molecule has 6 nitrogen and oxygen atoms in total. The number of fused-ring (bicyclic) bond motifs is 1. The molecule has 1 saturated heterocycles. The first-order valence-corrected chi connectivity index (χ1v) is 9.86. The van der Waals surface area contributed by atoms with E-state index in [9.17, 15) is 4.79 Å². The second-order valence-corrected chi connectivity index (χ2v) is 7.90. The highest BCUT2D eigenvalue weighted by Gasteiger charge is 2.50. The van der Waals surface area contributed by atoms with Crippen LogP contribution in [0.1, 0.15) is 26.3 Å². The Morgan fingerprint density at radius 2 is 1.93 bits per heavy atom. The van der Waals surface area contributed by atoms with Gasteiger partial charge in [0, 0.05) is 23.3 Å². The molecule has 29 heavy (non-hydrogen) atoms. The molecule has 1 amide bonds. The average Bonchev–Trinajstić information content (AvgIpc) is 3.18. The number of carbonyl (C=O) groups excluding carboxylic acids is 1. The fourth-order valence-electron chi connectivity index (χ4n) is 3.80. The maximum absolute atomic E-state index is 13.3. The molecule has 1 fully saturated rings. The lowest BCUT2D eigenvalue weighted by atomic mass is 10.0. The highest BCUT2D eigenvalue weighted by atomic mass is 32.1. The summed E-state index contributed by atoms with van der Waals surface area (Å²) in [4.78, 5) is 16.8. The largest absolute Gasteiger partial charge is 0.398 e. The van der Waals surface area contributed by atoms with Gasteiger partial charge in [0.2, 0.25) is 0 Å². The van der Waals surface area contributed by atoms with E-state index in [4.69, 9.17) is 18.0 Å². The fourth-order valence-corrected chi connectivity index (χ4v) is 4.32. The predicted molar refractivity (Wildman–Crippen MR) is 123 cm³/mol. The summed E-state index contributed by atoms with van der Waals surface area (Å²) in [7, 11) is 0. The topological polar surface area (TPSA) is 67.4 Å². The molecular weight excluding hydrogens is 382 g/mol. The molecule has 0 radical (unpaired) electrons. The zero-order valence-corrected chi connectivity index (χ0v) is 17.5. The zero-order chi connectivity index (χ0) is 20.9. The van der Waals surface area contributed by atoms with E-state index in [1.165, 1.54) is 0 Å². The van der Waals surface area contributed by atoms with E-state index in [2.05, 4.69) is 18.6 Å². The minimum absolute atomic E-state index is 0.0911. The maximum Gasteiger partial charge on any atom is 0.259 e. The number of nitrogens with zero attached hydrogens (tertiary/aromatic N) is 4. The second kappa shape index (κ2) is 6.70. The van der Waals surface area contributed by atoms with Crippen LogP contribution in [0.2, 0.25) is 0 Å². The van der Waals surface area contributed by atoms with E-state index < -0.39 is 5.54 Å². The van der Waals surface area contributed by atoms with Gasteiger partial charge < -0.3 is 10.6 Å². The lowest BCUT2D eigenvalue weighted by Gasteiger charge is -2.29. The summed E-state index contributed by atoms with van der Waals surface area (Å²) < 4.78 is 1.94. The molecule has 2 heterocycles. The van der Waals surface area contributed by atoms with Gasteiger partial charge in [-0.1, -0.05) is 12.7 Å². The van der Waals surface area contributed by atoms with Gasteiger partial charge in [-0.3, -0.25) is 14.4 Å². The van der Waals surface area contributed by atoms with Crippen LogP contribution in [0.25, 0.3) is 17.0 Å². The molecule has 2 aromatic carbocycles. The molecule has 4 rings (SSSR count). The standard InChI is InChI=1S/C22H23N5OS/c1-5-14-11-16(7-9-18(14)23)26-20(28)22(3,4)27(21(26)29)17-8-10-19-15(12-17)13-24-25(19)6-2/h5,7-13H,1,6,23H2,2-4H3. The normalized spacial score (nSPS) is 16.1. The summed E-state index contributed by atoms with van der Waals surface area (Å²) in [6, 6.07) is 11.4. The van der Waals surface area contributed by atoms with Crippen molar-refractivity contribution >= 4 is 57.3 Å². The van der Waals surface area contributed by atoms with E-state index in [-0.39, 0.29) is 5.91 Å². The molecule has 148 valence electrons. The smallest absolute Gasteiger partial charge is 0.259 e. The lowest BCUT2D eigenvalue weighted by Crippen LogP contribution is -2.44. The first kappa shape index (κ1) is 19.1. The number of benzene rings is 2. The SMILES string of the molecule is C=Cc1cc(N2C(=O)C(C)(C)N(c3ccc4c(cnn4CC)c3)C2=S)ccc1N. The minimum Gasteiger partial charge on any atom is -0.398 e. The summed E-state index contributed by atoms with van der Waals surface area (Å²) >= 11 is 5.77. The molecule has 2 N–H and O–H groups in total. The monoisotopic (exact) mass is 405 g/mol. The molecule has 1 aliphatic rings. The van der Waals surface area contributed by atoms with Gasteiger partial charge in [-0.2, -0.15) is 5.10 Å². The van der Waals surface area contributed by atoms with Crippen molar-refractivity contribution < 1.29 is 4.79 Å². The highest BCUT2D eigenvalue weighted by Crippen LogP contribution is 2.38. The summed E-state index contributed by atoms with van der Waals surface area (Å²) in [5.74, 6) is -0.0911. The Balaban J connectivity index is 1.80. The predicted octanol–water partition coefficient (Wildman–Crippen LogP) is 4.20. The fraction of sp³-hybridized carbons (Fsp3) is 0.227. The number of aromatic nitrogens is 2. The van der Waals surface area contributed by atoms with Gasteiger partial charge in [0.05, 0.1) is 17.4 Å². The van der Waals surface area contributed by atoms with Crippen LogP contribution in [0.3, 0.4) is 0 Å². The van der Waals surface area contributed by atoms with Gasteiger partial charge in [0.1, 0.15) is 5.54 Å². The van der Waals surface area contributed by atoms with Gasteiger partial charge >= 0.3 is 0 Å². The Morgan fingerprint density at radius 1 is 1.21 bits per heavy atom. The van der Waals surface area contributed by atoms with E-state index >= 15 is 0 Å². The quantitative estimate of drug-likeness (QED) is 0.521. The Kier molecular flexibility index (Phi) is 4.42. The number of aryl methyl sites for hydroxylation is 1. The van der Waals surface area contributed by atoms with Gasteiger partial charge in [0.25, 0.3) is 5.91 Å². The van der Waals surface area contributed by atoms with Crippen molar-refractivity contribution in [3.63, 3.8) is 0 Å². The van der Waals surface area contributed by atoms with Crippen LogP contribution in [-0.4, -0.2) is 26.3 Å². The van der Waals surface area contributed by atoms with Crippen molar-refractivity contribution in [3.8, 4) is 0 Å². The first-order valence-electron chi connectivity index (χ1n) is 9.46. The van der Waals surface area contributed by atoms with Crippen LogP contribution in [0.15, 0.2) is 49.2 Å². The van der Waals surface area contributed by atoms with E-state index in [1.807, 2.05) is 53.9 Å². The molecule has 3 aromatic rings. The van der Waals surface area contributed by atoms with E-state index in [0.717, 1.165) is 28.7 Å². The Labute approximate surface area is 175 Å². The number of thiocarbonyl (C=S) groups is 1. The molecule has 0 saturated carbocycles. The molecular formula is C22H23N5OS. The summed E-state index contributed by atoms with van der Waals surface area (Å²) in [5, 5.41) is 5.85. The molecule has 0 spiro atoms. The summed E-state index contributed by atoms with van der Waals surface area (Å²) in [5.41, 5.74) is 9.11. The molecule has 1 aliphatic heterocycles. The zero-order valence-electron chi connectivity index (χ0n) is 16.7. The minimum atomic E-state index is -0.832. The highest BCUT2D eigenvalue weighted by molar-refractivity contribution is 7.81.